The van der Waals surface area contributed by atoms with E-state index < -0.39 is 0 Å². The van der Waals surface area contributed by atoms with Crippen LogP contribution in [0.1, 0.15) is 24.0 Å². The van der Waals surface area contributed by atoms with Crippen LogP contribution >= 0.6 is 11.8 Å². The molecule has 0 unspecified atom stereocenters. The van der Waals surface area contributed by atoms with Gasteiger partial charge >= 0.3 is 5.97 Å². The summed E-state index contributed by atoms with van der Waals surface area (Å²) in [6.45, 7) is 10.3. The molecule has 0 radical (unpaired) electrons. The molecule has 2 fully saturated rings. The first-order valence-corrected chi connectivity index (χ1v) is 12.1. The van der Waals surface area contributed by atoms with Crippen LogP contribution in [-0.4, -0.2) is 56.9 Å². The molecule has 0 aliphatic carbocycles. The molecule has 31 heavy (non-hydrogen) atoms. The van der Waals surface area contributed by atoms with Crippen LogP contribution in [0.15, 0.2) is 52.3 Å². The second kappa shape index (κ2) is 10.5. The lowest BCUT2D eigenvalue weighted by Crippen LogP contribution is -2.47. The van der Waals surface area contributed by atoms with Gasteiger partial charge in [0.05, 0.1) is 11.6 Å². The Bertz CT molecular complexity index is 890. The van der Waals surface area contributed by atoms with E-state index in [1.807, 2.05) is 11.8 Å². The van der Waals surface area contributed by atoms with E-state index in [0.29, 0.717) is 6.73 Å². The van der Waals surface area contributed by atoms with Crippen molar-refractivity contribution >= 4 is 23.4 Å². The van der Waals surface area contributed by atoms with Gasteiger partial charge in [0.25, 0.3) is 0 Å². The molecule has 0 atom stereocenters. The molecule has 1 N–H and O–H groups in total. The highest BCUT2D eigenvalue weighted by Crippen LogP contribution is 2.37. The van der Waals surface area contributed by atoms with Crippen LogP contribution in [0.2, 0.25) is 0 Å². The maximum Gasteiger partial charge on any atom is 0.310 e. The summed E-state index contributed by atoms with van der Waals surface area (Å²) in [5.74, 6) is 0.0378. The minimum Gasteiger partial charge on any atom is -0.449 e. The van der Waals surface area contributed by atoms with Crippen molar-refractivity contribution in [1.29, 1.82) is 0 Å². The van der Waals surface area contributed by atoms with Crippen LogP contribution in [0, 0.1) is 19.8 Å². The second-order valence-corrected chi connectivity index (χ2v) is 9.64. The van der Waals surface area contributed by atoms with Gasteiger partial charge in [-0.3, -0.25) is 9.69 Å². The minimum atomic E-state index is -0.0286. The third-order valence-corrected chi connectivity index (χ3v) is 7.43. The van der Waals surface area contributed by atoms with E-state index >= 15 is 0 Å². The Labute approximate surface area is 190 Å². The molecule has 2 aromatic rings. The van der Waals surface area contributed by atoms with E-state index in [-0.39, 0.29) is 11.9 Å². The average molecular weight is 440 g/mol. The normalized spacial score (nSPS) is 18.2. The zero-order valence-electron chi connectivity index (χ0n) is 18.6. The molecule has 2 heterocycles. The van der Waals surface area contributed by atoms with Gasteiger partial charge in [0.2, 0.25) is 0 Å². The Hall–Kier alpha value is -2.02. The third kappa shape index (κ3) is 5.82. The first kappa shape index (κ1) is 22.2. The summed E-state index contributed by atoms with van der Waals surface area (Å²) in [4.78, 5) is 19.6. The Morgan fingerprint density at radius 3 is 2.52 bits per heavy atom. The van der Waals surface area contributed by atoms with Gasteiger partial charge in [0.1, 0.15) is 6.73 Å². The summed E-state index contributed by atoms with van der Waals surface area (Å²) in [5.41, 5.74) is 3.91. The number of rotatable bonds is 6. The molecule has 4 rings (SSSR count). The van der Waals surface area contributed by atoms with Gasteiger partial charge in [-0.25, -0.2) is 0 Å². The number of nitrogens with zero attached hydrogens (tertiary/aromatic N) is 2. The zero-order valence-corrected chi connectivity index (χ0v) is 19.4. The summed E-state index contributed by atoms with van der Waals surface area (Å²) in [6.07, 6.45) is 1.78. The fraction of sp³-hybridized carbons (Fsp3) is 0.480. The molecule has 166 valence electrons. The first-order chi connectivity index (χ1) is 15.1. The van der Waals surface area contributed by atoms with Crippen molar-refractivity contribution in [3.05, 3.63) is 53.6 Å². The van der Waals surface area contributed by atoms with Crippen molar-refractivity contribution < 1.29 is 9.53 Å². The van der Waals surface area contributed by atoms with Crippen LogP contribution in [0.4, 0.5) is 5.69 Å². The number of hydrogen-bond donors (Lipinski definition) is 1. The van der Waals surface area contributed by atoms with Crippen molar-refractivity contribution in [1.82, 2.24) is 10.2 Å². The molecule has 2 aliphatic heterocycles. The standard InChI is InChI=1S/C25H33N3O2S/c1-19-7-8-23(20(2)17-19)31-24-6-4-3-5-22(24)28-15-13-27(14-16-28)18-30-25(29)21-9-11-26-12-10-21/h3-8,17,21,26H,9-16,18H2,1-2H3. The lowest BCUT2D eigenvalue weighted by molar-refractivity contribution is -0.154. The van der Waals surface area contributed by atoms with Crippen molar-refractivity contribution in [2.45, 2.75) is 36.5 Å². The molecule has 0 spiro atoms. The van der Waals surface area contributed by atoms with E-state index in [1.165, 1.54) is 26.6 Å². The van der Waals surface area contributed by atoms with E-state index in [9.17, 15) is 4.79 Å². The van der Waals surface area contributed by atoms with Crippen LogP contribution in [0.25, 0.3) is 0 Å². The van der Waals surface area contributed by atoms with Gasteiger partial charge in [-0.05, 0) is 63.5 Å². The molecule has 2 aliphatic rings. The van der Waals surface area contributed by atoms with E-state index in [2.05, 4.69) is 71.4 Å². The molecule has 6 heteroatoms. The number of piperidine rings is 1. The summed E-state index contributed by atoms with van der Waals surface area (Å²) in [5, 5.41) is 3.30. The largest absolute Gasteiger partial charge is 0.449 e. The smallest absolute Gasteiger partial charge is 0.310 e. The molecule has 0 bridgehead atoms. The molecular weight excluding hydrogens is 406 g/mol. The molecule has 5 nitrogen and oxygen atoms in total. The number of ether oxygens (including phenoxy) is 1. The highest BCUT2D eigenvalue weighted by molar-refractivity contribution is 7.99. The second-order valence-electron chi connectivity index (χ2n) is 8.56. The monoisotopic (exact) mass is 439 g/mol. The van der Waals surface area contributed by atoms with Crippen molar-refractivity contribution in [2.24, 2.45) is 5.92 Å². The molecule has 0 saturated carbocycles. The van der Waals surface area contributed by atoms with Crippen molar-refractivity contribution in [3.63, 3.8) is 0 Å². The third-order valence-electron chi connectivity index (χ3n) is 6.19. The molecule has 2 saturated heterocycles. The van der Waals surface area contributed by atoms with Gasteiger partial charge in [0, 0.05) is 36.0 Å². The fourth-order valence-electron chi connectivity index (χ4n) is 4.29. The van der Waals surface area contributed by atoms with Crippen LogP contribution in [-0.2, 0) is 9.53 Å². The summed E-state index contributed by atoms with van der Waals surface area (Å²) >= 11 is 1.84. The zero-order chi connectivity index (χ0) is 21.6. The predicted octanol–water partition coefficient (Wildman–Crippen LogP) is 4.08. The van der Waals surface area contributed by atoms with E-state index in [0.717, 1.165) is 52.1 Å². The molecule has 0 amide bonds. The van der Waals surface area contributed by atoms with Gasteiger partial charge in [0.15, 0.2) is 0 Å². The summed E-state index contributed by atoms with van der Waals surface area (Å²) < 4.78 is 5.62. The van der Waals surface area contributed by atoms with Gasteiger partial charge in [-0.2, -0.15) is 0 Å². The first-order valence-electron chi connectivity index (χ1n) is 11.3. The molecular formula is C25H33N3O2S. The Morgan fingerprint density at radius 1 is 1.03 bits per heavy atom. The van der Waals surface area contributed by atoms with Crippen LogP contribution < -0.4 is 10.2 Å². The number of para-hydroxylation sites is 1. The number of carbonyl (C=O) groups excluding carboxylic acids is 1. The predicted molar refractivity (Wildman–Crippen MR) is 127 cm³/mol. The Kier molecular flexibility index (Phi) is 7.54. The molecule has 0 aromatic heterocycles. The maximum absolute atomic E-state index is 12.3. The van der Waals surface area contributed by atoms with Gasteiger partial charge < -0.3 is 15.0 Å². The number of anilines is 1. The number of aryl methyl sites for hydroxylation is 2. The van der Waals surface area contributed by atoms with E-state index in [1.54, 1.807) is 0 Å². The van der Waals surface area contributed by atoms with Gasteiger partial charge in [-0.15, -0.1) is 0 Å². The topological polar surface area (TPSA) is 44.8 Å². The Balaban J connectivity index is 1.32. The number of benzene rings is 2. The number of nitrogens with one attached hydrogen (secondary N) is 1. The quantitative estimate of drug-likeness (QED) is 0.685. The lowest BCUT2D eigenvalue weighted by Gasteiger charge is -2.36. The number of hydrogen-bond acceptors (Lipinski definition) is 6. The SMILES string of the molecule is Cc1ccc(Sc2ccccc2N2CCN(COC(=O)C3CCNCC3)CC2)c(C)c1. The number of piperazine rings is 1. The fourth-order valence-corrected chi connectivity index (χ4v) is 5.33. The van der Waals surface area contributed by atoms with Crippen LogP contribution in [0.5, 0.6) is 0 Å². The average Bonchev–Trinajstić information content (AvgIpc) is 2.80. The van der Waals surface area contributed by atoms with Crippen molar-refractivity contribution in [3.8, 4) is 0 Å². The molecule has 2 aromatic carbocycles. The summed E-state index contributed by atoms with van der Waals surface area (Å²) in [6, 6.07) is 15.3. The van der Waals surface area contributed by atoms with Gasteiger partial charge in [-0.1, -0.05) is 41.6 Å². The maximum atomic E-state index is 12.3. The number of carbonyl (C=O) groups is 1. The number of esters is 1. The van der Waals surface area contributed by atoms with E-state index in [4.69, 9.17) is 4.74 Å². The summed E-state index contributed by atoms with van der Waals surface area (Å²) in [7, 11) is 0. The van der Waals surface area contributed by atoms with Crippen molar-refractivity contribution in [2.75, 3.05) is 50.9 Å². The lowest BCUT2D eigenvalue weighted by atomic mass is 9.99. The highest BCUT2D eigenvalue weighted by Gasteiger charge is 2.24. The highest BCUT2D eigenvalue weighted by atomic mass is 32.2. The van der Waals surface area contributed by atoms with Crippen LogP contribution in [0.3, 0.4) is 0 Å². The minimum absolute atomic E-state index is 0.0286. The Morgan fingerprint density at radius 2 is 1.77 bits per heavy atom.